The molecule has 2 aliphatic heterocycles. The van der Waals surface area contributed by atoms with E-state index in [9.17, 15) is 5.11 Å². The van der Waals surface area contributed by atoms with Crippen LogP contribution < -0.4 is 0 Å². The largest absolute Gasteiger partial charge is 0.389 e. The lowest BCUT2D eigenvalue weighted by atomic mass is 9.45. The van der Waals surface area contributed by atoms with E-state index in [1.165, 1.54) is 122 Å². The minimum atomic E-state index is -0.172. The summed E-state index contributed by atoms with van der Waals surface area (Å²) in [6.45, 7) is 10.1. The van der Waals surface area contributed by atoms with Crippen molar-refractivity contribution in [3.8, 4) is 0 Å². The highest BCUT2D eigenvalue weighted by Crippen LogP contribution is 2.68. The standard InChI is InChI=1S/C29H50N2O/c1-27-15-6-5-11-22(27)12-13-23-24(27)14-16-28(2)25(23)21-29(26(28)32,30-17-7-3-8-18-30)31-19-9-4-10-20-31/h22-26,32H,3-21H2,1-2H3/t22?,23-,24-,25+,26?,27+,28+/m1/s1. The Kier molecular flexibility index (Phi) is 5.75. The molecule has 32 heavy (non-hydrogen) atoms. The minimum Gasteiger partial charge on any atom is -0.389 e. The van der Waals surface area contributed by atoms with Crippen molar-refractivity contribution in [1.29, 1.82) is 0 Å². The van der Waals surface area contributed by atoms with Crippen LogP contribution in [0.15, 0.2) is 0 Å². The lowest BCUT2D eigenvalue weighted by Crippen LogP contribution is -2.68. The van der Waals surface area contributed by atoms with Gasteiger partial charge in [0, 0.05) is 0 Å². The first kappa shape index (κ1) is 22.4. The molecule has 0 aromatic rings. The molecule has 2 heterocycles. The molecule has 0 amide bonds. The molecule has 6 aliphatic rings. The van der Waals surface area contributed by atoms with Gasteiger partial charge in [-0.2, -0.15) is 0 Å². The summed E-state index contributed by atoms with van der Waals surface area (Å²) in [6.07, 6.45) is 20.7. The predicted octanol–water partition coefficient (Wildman–Crippen LogP) is 6.06. The van der Waals surface area contributed by atoms with Gasteiger partial charge in [0.1, 0.15) is 5.66 Å². The van der Waals surface area contributed by atoms with Gasteiger partial charge in [0.25, 0.3) is 0 Å². The Bertz CT molecular complexity index is 665. The Morgan fingerprint density at radius 3 is 1.94 bits per heavy atom. The molecule has 0 aromatic carbocycles. The predicted molar refractivity (Wildman–Crippen MR) is 131 cm³/mol. The van der Waals surface area contributed by atoms with Crippen molar-refractivity contribution in [1.82, 2.24) is 9.80 Å². The van der Waals surface area contributed by atoms with Crippen LogP contribution in [-0.4, -0.2) is 52.9 Å². The molecule has 6 rings (SSSR count). The molecule has 2 unspecified atom stereocenters. The van der Waals surface area contributed by atoms with E-state index in [0.717, 1.165) is 23.7 Å². The van der Waals surface area contributed by atoms with Gasteiger partial charge in [-0.1, -0.05) is 39.5 Å². The molecule has 4 aliphatic carbocycles. The summed E-state index contributed by atoms with van der Waals surface area (Å²) >= 11 is 0. The van der Waals surface area contributed by atoms with Crippen LogP contribution in [-0.2, 0) is 0 Å². The van der Waals surface area contributed by atoms with Crippen molar-refractivity contribution < 1.29 is 5.11 Å². The highest BCUT2D eigenvalue weighted by atomic mass is 16.3. The Balaban J connectivity index is 1.36. The van der Waals surface area contributed by atoms with Crippen LogP contribution in [0.25, 0.3) is 0 Å². The van der Waals surface area contributed by atoms with E-state index in [0.29, 0.717) is 5.41 Å². The Morgan fingerprint density at radius 1 is 0.625 bits per heavy atom. The van der Waals surface area contributed by atoms with Crippen LogP contribution in [0.3, 0.4) is 0 Å². The number of rotatable bonds is 2. The summed E-state index contributed by atoms with van der Waals surface area (Å²) in [5, 5.41) is 12.4. The van der Waals surface area contributed by atoms with Gasteiger partial charge in [0.15, 0.2) is 0 Å². The van der Waals surface area contributed by atoms with Crippen LogP contribution in [0.2, 0.25) is 0 Å². The van der Waals surface area contributed by atoms with Crippen LogP contribution in [0, 0.1) is 34.5 Å². The van der Waals surface area contributed by atoms with Crippen LogP contribution >= 0.6 is 0 Å². The quantitative estimate of drug-likeness (QED) is 0.563. The van der Waals surface area contributed by atoms with Gasteiger partial charge < -0.3 is 5.11 Å². The zero-order valence-corrected chi connectivity index (χ0v) is 21.2. The first-order valence-corrected chi connectivity index (χ1v) is 14.7. The highest BCUT2D eigenvalue weighted by molar-refractivity contribution is 5.18. The fourth-order valence-corrected chi connectivity index (χ4v) is 10.7. The summed E-state index contributed by atoms with van der Waals surface area (Å²) in [6, 6.07) is 0. The second kappa shape index (κ2) is 8.23. The number of fused-ring (bicyclic) bond motifs is 5. The molecule has 0 aromatic heterocycles. The van der Waals surface area contributed by atoms with Gasteiger partial charge in [0.05, 0.1) is 6.10 Å². The molecule has 3 nitrogen and oxygen atoms in total. The van der Waals surface area contributed by atoms with Gasteiger partial charge in [-0.3, -0.25) is 9.80 Å². The zero-order chi connectivity index (χ0) is 22.0. The van der Waals surface area contributed by atoms with E-state index in [4.69, 9.17) is 0 Å². The molecule has 1 N–H and O–H groups in total. The smallest absolute Gasteiger partial charge is 0.101 e. The number of piperidine rings is 2. The van der Waals surface area contributed by atoms with Gasteiger partial charge >= 0.3 is 0 Å². The maximum atomic E-state index is 12.4. The van der Waals surface area contributed by atoms with Gasteiger partial charge in [-0.15, -0.1) is 0 Å². The van der Waals surface area contributed by atoms with E-state index in [-0.39, 0.29) is 17.2 Å². The number of aliphatic hydroxyl groups is 1. The number of aliphatic hydroxyl groups excluding tert-OH is 1. The molecule has 4 saturated carbocycles. The maximum Gasteiger partial charge on any atom is 0.101 e. The van der Waals surface area contributed by atoms with Crippen LogP contribution in [0.5, 0.6) is 0 Å². The molecule has 7 atom stereocenters. The number of hydrogen-bond acceptors (Lipinski definition) is 3. The van der Waals surface area contributed by atoms with E-state index in [1.54, 1.807) is 0 Å². The second-order valence-corrected chi connectivity index (χ2v) is 13.5. The summed E-state index contributed by atoms with van der Waals surface area (Å²) in [5.41, 5.74) is 0.641. The number of nitrogens with zero attached hydrogens (tertiary/aromatic N) is 2. The van der Waals surface area contributed by atoms with Crippen molar-refractivity contribution in [2.45, 2.75) is 122 Å². The zero-order valence-electron chi connectivity index (χ0n) is 21.2. The Labute approximate surface area is 197 Å². The first-order chi connectivity index (χ1) is 15.5. The number of hydrogen-bond donors (Lipinski definition) is 1. The third-order valence-electron chi connectivity index (χ3n) is 12.4. The van der Waals surface area contributed by atoms with Gasteiger partial charge in [0.2, 0.25) is 0 Å². The lowest BCUT2D eigenvalue weighted by molar-refractivity contribution is -0.160. The molecular weight excluding hydrogens is 392 g/mol. The van der Waals surface area contributed by atoms with Crippen LogP contribution in [0.4, 0.5) is 0 Å². The Morgan fingerprint density at radius 2 is 1.28 bits per heavy atom. The average Bonchev–Trinajstić information content (AvgIpc) is 3.08. The summed E-state index contributed by atoms with van der Waals surface area (Å²) < 4.78 is 0. The average molecular weight is 443 g/mol. The van der Waals surface area contributed by atoms with E-state index < -0.39 is 0 Å². The molecule has 6 fully saturated rings. The summed E-state index contributed by atoms with van der Waals surface area (Å²) in [5.74, 6) is 3.49. The normalized spacial score (nSPS) is 49.8. The summed E-state index contributed by atoms with van der Waals surface area (Å²) in [7, 11) is 0. The third kappa shape index (κ3) is 3.08. The lowest BCUT2D eigenvalue weighted by Gasteiger charge is -2.60. The van der Waals surface area contributed by atoms with Crippen molar-refractivity contribution in [3.05, 3.63) is 0 Å². The first-order valence-electron chi connectivity index (χ1n) is 14.7. The van der Waals surface area contributed by atoms with Crippen molar-refractivity contribution in [3.63, 3.8) is 0 Å². The van der Waals surface area contributed by atoms with Crippen molar-refractivity contribution in [2.75, 3.05) is 26.2 Å². The molecular formula is C29H50N2O. The maximum absolute atomic E-state index is 12.4. The molecule has 182 valence electrons. The van der Waals surface area contributed by atoms with Crippen molar-refractivity contribution in [2.24, 2.45) is 34.5 Å². The fraction of sp³-hybridized carbons (Fsp3) is 1.00. The number of likely N-dealkylation sites (tertiary alicyclic amines) is 2. The molecule has 0 bridgehead atoms. The van der Waals surface area contributed by atoms with E-state index >= 15 is 0 Å². The van der Waals surface area contributed by atoms with E-state index in [2.05, 4.69) is 23.6 Å². The van der Waals surface area contributed by atoms with Crippen molar-refractivity contribution >= 4 is 0 Å². The molecule has 0 spiro atoms. The molecule has 0 radical (unpaired) electrons. The topological polar surface area (TPSA) is 26.7 Å². The van der Waals surface area contributed by atoms with E-state index in [1.807, 2.05) is 0 Å². The molecule has 2 saturated heterocycles. The minimum absolute atomic E-state index is 0.0700. The monoisotopic (exact) mass is 442 g/mol. The second-order valence-electron chi connectivity index (χ2n) is 13.5. The fourth-order valence-electron chi connectivity index (χ4n) is 10.7. The highest BCUT2D eigenvalue weighted by Gasteiger charge is 2.68. The SMILES string of the molecule is C[C@]12CCCCC1CC[C@@H]1[C@H]2CC[C@]2(C)C(O)C(N3CCCCC3)(N3CCCCC3)C[C@@H]12. The van der Waals surface area contributed by atoms with Gasteiger partial charge in [-0.05, 0) is 131 Å². The van der Waals surface area contributed by atoms with Crippen LogP contribution in [0.1, 0.15) is 110 Å². The Hall–Kier alpha value is -0.120. The third-order valence-corrected chi connectivity index (χ3v) is 12.4. The van der Waals surface area contributed by atoms with Gasteiger partial charge in [-0.25, -0.2) is 0 Å². The summed E-state index contributed by atoms with van der Waals surface area (Å²) in [4.78, 5) is 5.64. The molecule has 3 heteroatoms.